The molecular weight excluding hydrogens is 238 g/mol. The van der Waals surface area contributed by atoms with E-state index in [0.717, 1.165) is 11.6 Å². The van der Waals surface area contributed by atoms with Crippen LogP contribution >= 0.6 is 23.4 Å². The molecule has 0 aliphatic carbocycles. The fourth-order valence-corrected chi connectivity index (χ4v) is 3.20. The lowest BCUT2D eigenvalue weighted by molar-refractivity contribution is 0.647. The molecule has 1 unspecified atom stereocenters. The second-order valence-electron chi connectivity index (χ2n) is 4.51. The standard InChI is InChI=1S/C13H18ClNS/c1-9(2)16-13-6-5-10(8-11(13)14)12-4-3-7-15-12/h5-6,8-9,12,15H,3-4,7H2,1-2H3. The summed E-state index contributed by atoms with van der Waals surface area (Å²) in [5.41, 5.74) is 1.33. The Morgan fingerprint density at radius 1 is 1.44 bits per heavy atom. The summed E-state index contributed by atoms with van der Waals surface area (Å²) in [5.74, 6) is 0. The number of hydrogen-bond donors (Lipinski definition) is 1. The van der Waals surface area contributed by atoms with Gasteiger partial charge in [0.15, 0.2) is 0 Å². The zero-order chi connectivity index (χ0) is 11.5. The van der Waals surface area contributed by atoms with Crippen molar-refractivity contribution in [1.82, 2.24) is 5.32 Å². The second kappa shape index (κ2) is 5.44. The third kappa shape index (κ3) is 2.93. The molecule has 1 aromatic rings. The molecule has 2 rings (SSSR count). The quantitative estimate of drug-likeness (QED) is 0.810. The van der Waals surface area contributed by atoms with Gasteiger partial charge in [-0.05, 0) is 37.1 Å². The summed E-state index contributed by atoms with van der Waals surface area (Å²) < 4.78 is 0. The highest BCUT2D eigenvalue weighted by molar-refractivity contribution is 8.00. The predicted octanol–water partition coefficient (Wildman–Crippen LogP) is 4.27. The van der Waals surface area contributed by atoms with Gasteiger partial charge in [0.1, 0.15) is 0 Å². The van der Waals surface area contributed by atoms with Gasteiger partial charge < -0.3 is 5.32 Å². The van der Waals surface area contributed by atoms with Gasteiger partial charge in [0.05, 0.1) is 5.02 Å². The molecule has 88 valence electrons. The Bertz CT molecular complexity index is 359. The number of halogens is 1. The predicted molar refractivity (Wildman–Crippen MR) is 72.4 cm³/mol. The first-order valence-corrected chi connectivity index (χ1v) is 7.12. The highest BCUT2D eigenvalue weighted by Gasteiger charge is 2.17. The van der Waals surface area contributed by atoms with Crippen LogP contribution in [0.25, 0.3) is 0 Å². The lowest BCUT2D eigenvalue weighted by atomic mass is 10.1. The van der Waals surface area contributed by atoms with Gasteiger partial charge in [0, 0.05) is 16.2 Å². The Morgan fingerprint density at radius 3 is 2.81 bits per heavy atom. The van der Waals surface area contributed by atoms with Gasteiger partial charge >= 0.3 is 0 Å². The lowest BCUT2D eigenvalue weighted by Crippen LogP contribution is -2.12. The van der Waals surface area contributed by atoms with Crippen molar-refractivity contribution in [3.8, 4) is 0 Å². The van der Waals surface area contributed by atoms with Crippen molar-refractivity contribution in [2.45, 2.75) is 42.9 Å². The molecule has 0 saturated carbocycles. The third-order valence-electron chi connectivity index (χ3n) is 2.78. The van der Waals surface area contributed by atoms with Crippen molar-refractivity contribution in [2.75, 3.05) is 6.54 Å². The van der Waals surface area contributed by atoms with E-state index in [1.54, 1.807) is 0 Å². The summed E-state index contributed by atoms with van der Waals surface area (Å²) in [7, 11) is 0. The van der Waals surface area contributed by atoms with E-state index in [9.17, 15) is 0 Å². The van der Waals surface area contributed by atoms with Gasteiger partial charge in [-0.15, -0.1) is 11.8 Å². The largest absolute Gasteiger partial charge is 0.310 e. The minimum absolute atomic E-state index is 0.510. The van der Waals surface area contributed by atoms with Gasteiger partial charge in [0.25, 0.3) is 0 Å². The van der Waals surface area contributed by atoms with Gasteiger partial charge in [-0.25, -0.2) is 0 Å². The van der Waals surface area contributed by atoms with Crippen molar-refractivity contribution in [2.24, 2.45) is 0 Å². The monoisotopic (exact) mass is 255 g/mol. The van der Waals surface area contributed by atoms with Crippen molar-refractivity contribution >= 4 is 23.4 Å². The van der Waals surface area contributed by atoms with Crippen LogP contribution in [0.1, 0.15) is 38.3 Å². The Balaban J connectivity index is 2.15. The molecule has 0 amide bonds. The summed E-state index contributed by atoms with van der Waals surface area (Å²) >= 11 is 8.13. The molecular formula is C13H18ClNS. The number of benzene rings is 1. The molecule has 1 aliphatic rings. The van der Waals surface area contributed by atoms with Gasteiger partial charge in [-0.1, -0.05) is 31.5 Å². The summed E-state index contributed by atoms with van der Waals surface area (Å²) in [5, 5.41) is 4.97. The van der Waals surface area contributed by atoms with E-state index < -0.39 is 0 Å². The highest BCUT2D eigenvalue weighted by atomic mass is 35.5. The Morgan fingerprint density at radius 2 is 2.25 bits per heavy atom. The molecule has 1 nitrogen and oxygen atoms in total. The molecule has 0 aromatic heterocycles. The average molecular weight is 256 g/mol. The molecule has 1 saturated heterocycles. The van der Waals surface area contributed by atoms with Crippen LogP contribution in [0, 0.1) is 0 Å². The molecule has 16 heavy (non-hydrogen) atoms. The summed E-state index contributed by atoms with van der Waals surface area (Å²) in [6.07, 6.45) is 2.50. The number of thioether (sulfide) groups is 1. The van der Waals surface area contributed by atoms with Crippen LogP contribution < -0.4 is 5.32 Å². The molecule has 0 bridgehead atoms. The molecule has 1 atom stereocenters. The fraction of sp³-hybridized carbons (Fsp3) is 0.538. The van der Waals surface area contributed by atoms with Crippen molar-refractivity contribution in [3.05, 3.63) is 28.8 Å². The minimum Gasteiger partial charge on any atom is -0.310 e. The number of nitrogens with one attached hydrogen (secondary N) is 1. The van der Waals surface area contributed by atoms with E-state index in [1.165, 1.54) is 23.3 Å². The zero-order valence-electron chi connectivity index (χ0n) is 9.79. The molecule has 0 radical (unpaired) electrons. The van der Waals surface area contributed by atoms with Gasteiger partial charge in [-0.2, -0.15) is 0 Å². The lowest BCUT2D eigenvalue weighted by Gasteiger charge is -2.13. The first kappa shape index (κ1) is 12.3. The number of rotatable bonds is 3. The van der Waals surface area contributed by atoms with Crippen LogP contribution in [-0.2, 0) is 0 Å². The molecule has 1 N–H and O–H groups in total. The van der Waals surface area contributed by atoms with E-state index >= 15 is 0 Å². The topological polar surface area (TPSA) is 12.0 Å². The molecule has 1 heterocycles. The van der Waals surface area contributed by atoms with Crippen molar-refractivity contribution in [3.63, 3.8) is 0 Å². The Labute approximate surface area is 107 Å². The first-order valence-electron chi connectivity index (χ1n) is 5.86. The maximum Gasteiger partial charge on any atom is 0.0545 e. The minimum atomic E-state index is 0.510. The van der Waals surface area contributed by atoms with Crippen LogP contribution in [0.15, 0.2) is 23.1 Å². The molecule has 1 fully saturated rings. The molecule has 3 heteroatoms. The van der Waals surface area contributed by atoms with E-state index in [-0.39, 0.29) is 0 Å². The van der Waals surface area contributed by atoms with Crippen molar-refractivity contribution in [1.29, 1.82) is 0 Å². The Hall–Kier alpha value is -0.180. The summed E-state index contributed by atoms with van der Waals surface area (Å²) in [4.78, 5) is 1.19. The fourth-order valence-electron chi connectivity index (χ4n) is 2.05. The highest BCUT2D eigenvalue weighted by Crippen LogP contribution is 2.33. The van der Waals surface area contributed by atoms with Crippen LogP contribution in [0.2, 0.25) is 5.02 Å². The van der Waals surface area contributed by atoms with E-state index in [0.29, 0.717) is 11.3 Å². The van der Waals surface area contributed by atoms with E-state index in [1.807, 2.05) is 11.8 Å². The van der Waals surface area contributed by atoms with Crippen LogP contribution in [0.5, 0.6) is 0 Å². The summed E-state index contributed by atoms with van der Waals surface area (Å²) in [6.45, 7) is 5.51. The Kier molecular flexibility index (Phi) is 4.17. The number of hydrogen-bond acceptors (Lipinski definition) is 2. The molecule has 0 spiro atoms. The molecule has 1 aromatic carbocycles. The van der Waals surface area contributed by atoms with Gasteiger partial charge in [0.2, 0.25) is 0 Å². The zero-order valence-corrected chi connectivity index (χ0v) is 11.4. The van der Waals surface area contributed by atoms with Gasteiger partial charge in [-0.3, -0.25) is 0 Å². The SMILES string of the molecule is CC(C)Sc1ccc(C2CCCN2)cc1Cl. The molecule has 1 aliphatic heterocycles. The van der Waals surface area contributed by atoms with Crippen molar-refractivity contribution < 1.29 is 0 Å². The maximum atomic E-state index is 6.30. The summed E-state index contributed by atoms with van der Waals surface area (Å²) in [6, 6.07) is 6.99. The smallest absolute Gasteiger partial charge is 0.0545 e. The van der Waals surface area contributed by atoms with Crippen LogP contribution in [0.3, 0.4) is 0 Å². The van der Waals surface area contributed by atoms with E-state index in [4.69, 9.17) is 11.6 Å². The maximum absolute atomic E-state index is 6.30. The second-order valence-corrected chi connectivity index (χ2v) is 6.53. The van der Waals surface area contributed by atoms with Crippen LogP contribution in [-0.4, -0.2) is 11.8 Å². The van der Waals surface area contributed by atoms with Crippen LogP contribution in [0.4, 0.5) is 0 Å². The first-order chi connectivity index (χ1) is 7.66. The van der Waals surface area contributed by atoms with E-state index in [2.05, 4.69) is 37.4 Å². The third-order valence-corrected chi connectivity index (χ3v) is 4.29. The average Bonchev–Trinajstić information content (AvgIpc) is 2.73. The normalized spacial score (nSPS) is 20.6.